The average molecular weight is 389 g/mol. The fourth-order valence-corrected chi connectivity index (χ4v) is 2.43. The molecule has 1 aromatic heterocycles. The van der Waals surface area contributed by atoms with E-state index in [0.717, 1.165) is 5.56 Å². The molecule has 0 atom stereocenters. The number of aromatic nitrogens is 1. The van der Waals surface area contributed by atoms with Gasteiger partial charge in [0.05, 0.1) is 18.9 Å². The van der Waals surface area contributed by atoms with E-state index in [-0.39, 0.29) is 11.7 Å². The number of hydrazone groups is 1. The minimum absolute atomic E-state index is 0.288. The molecule has 0 bridgehead atoms. The fraction of sp³-hybridized carbons (Fsp3) is 0.0909. The number of ether oxygens (including phenoxy) is 2. The Balaban J connectivity index is 1.67. The number of methoxy groups -OCH3 is 1. The molecule has 0 saturated carbocycles. The molecule has 1 amide bonds. The maximum atomic E-state index is 12.3. The van der Waals surface area contributed by atoms with Gasteiger partial charge in [0.2, 0.25) is 0 Å². The van der Waals surface area contributed by atoms with E-state index in [1.54, 1.807) is 42.5 Å². The molecule has 29 heavy (non-hydrogen) atoms. The topological polar surface area (TPSA) is 89.9 Å². The molecule has 0 saturated heterocycles. The van der Waals surface area contributed by atoms with Gasteiger partial charge >= 0.3 is 5.97 Å². The Morgan fingerprint density at radius 2 is 1.69 bits per heavy atom. The van der Waals surface area contributed by atoms with Gasteiger partial charge in [-0.15, -0.1) is 0 Å². The van der Waals surface area contributed by atoms with Crippen molar-refractivity contribution in [2.75, 3.05) is 7.11 Å². The summed E-state index contributed by atoms with van der Waals surface area (Å²) < 4.78 is 10.7. The van der Waals surface area contributed by atoms with Gasteiger partial charge in [0.1, 0.15) is 0 Å². The molecular formula is C22H19N3O4. The Morgan fingerprint density at radius 1 is 0.966 bits per heavy atom. The van der Waals surface area contributed by atoms with E-state index >= 15 is 0 Å². The molecule has 0 aliphatic rings. The van der Waals surface area contributed by atoms with Crippen LogP contribution < -0.4 is 14.9 Å². The first-order valence-electron chi connectivity index (χ1n) is 8.77. The number of esters is 1. The Morgan fingerprint density at radius 3 is 2.38 bits per heavy atom. The maximum Gasteiger partial charge on any atom is 0.343 e. The molecule has 0 aliphatic carbocycles. The second-order valence-electron chi connectivity index (χ2n) is 6.10. The van der Waals surface area contributed by atoms with E-state index in [0.29, 0.717) is 22.4 Å². The molecule has 0 radical (unpaired) electrons. The third-order valence-corrected chi connectivity index (χ3v) is 4.00. The molecule has 7 heteroatoms. The van der Waals surface area contributed by atoms with Gasteiger partial charge in [0.25, 0.3) is 5.91 Å². The lowest BCUT2D eigenvalue weighted by atomic mass is 10.1. The van der Waals surface area contributed by atoms with Crippen LogP contribution in [0.2, 0.25) is 0 Å². The molecule has 0 aliphatic heterocycles. The summed E-state index contributed by atoms with van der Waals surface area (Å²) in [6, 6.07) is 15.2. The molecule has 3 rings (SSSR count). The van der Waals surface area contributed by atoms with Gasteiger partial charge in [-0.25, -0.2) is 10.2 Å². The van der Waals surface area contributed by atoms with Gasteiger partial charge in [-0.3, -0.25) is 9.78 Å². The van der Waals surface area contributed by atoms with Crippen molar-refractivity contribution < 1.29 is 19.1 Å². The summed E-state index contributed by atoms with van der Waals surface area (Å²) in [5.41, 5.74) is 5.05. The average Bonchev–Trinajstić information content (AvgIpc) is 2.75. The van der Waals surface area contributed by atoms with Crippen LogP contribution in [-0.4, -0.2) is 30.2 Å². The molecule has 0 spiro atoms. The SMILES string of the molecule is COc1cc(C=NNC(=O)c2ccncc2)ccc1OC(=O)c1ccc(C)cc1. The van der Waals surface area contributed by atoms with Crippen LogP contribution >= 0.6 is 0 Å². The van der Waals surface area contributed by atoms with Crippen molar-refractivity contribution in [3.63, 3.8) is 0 Å². The predicted octanol–water partition coefficient (Wildman–Crippen LogP) is 3.38. The van der Waals surface area contributed by atoms with Crippen LogP contribution in [0.3, 0.4) is 0 Å². The number of rotatable bonds is 6. The summed E-state index contributed by atoms with van der Waals surface area (Å²) in [6.45, 7) is 1.94. The number of nitrogens with zero attached hydrogens (tertiary/aromatic N) is 2. The number of pyridine rings is 1. The molecule has 2 aromatic carbocycles. The van der Waals surface area contributed by atoms with Crippen LogP contribution in [0.25, 0.3) is 0 Å². The number of hydrogen-bond acceptors (Lipinski definition) is 6. The highest BCUT2D eigenvalue weighted by Crippen LogP contribution is 2.28. The molecule has 1 N–H and O–H groups in total. The first kappa shape index (κ1) is 19.8. The van der Waals surface area contributed by atoms with Crippen molar-refractivity contribution in [1.29, 1.82) is 0 Å². The zero-order valence-corrected chi connectivity index (χ0v) is 16.0. The number of nitrogens with one attached hydrogen (secondary N) is 1. The van der Waals surface area contributed by atoms with Gasteiger partial charge in [-0.05, 0) is 55.0 Å². The van der Waals surface area contributed by atoms with Crippen LogP contribution in [0.15, 0.2) is 72.1 Å². The van der Waals surface area contributed by atoms with Crippen LogP contribution in [0.4, 0.5) is 0 Å². The Hall–Kier alpha value is -4.00. The summed E-state index contributed by atoms with van der Waals surface area (Å²) >= 11 is 0. The molecule has 0 fully saturated rings. The second-order valence-corrected chi connectivity index (χ2v) is 6.10. The smallest absolute Gasteiger partial charge is 0.343 e. The highest BCUT2D eigenvalue weighted by Gasteiger charge is 2.12. The van der Waals surface area contributed by atoms with E-state index in [2.05, 4.69) is 15.5 Å². The van der Waals surface area contributed by atoms with E-state index in [1.165, 1.54) is 25.7 Å². The second kappa shape index (κ2) is 9.27. The number of benzene rings is 2. The van der Waals surface area contributed by atoms with Crippen LogP contribution in [-0.2, 0) is 0 Å². The summed E-state index contributed by atoms with van der Waals surface area (Å²) in [5.74, 6) is -0.167. The monoisotopic (exact) mass is 389 g/mol. The predicted molar refractivity (Wildman–Crippen MR) is 108 cm³/mol. The minimum atomic E-state index is -0.477. The van der Waals surface area contributed by atoms with Crippen LogP contribution in [0.1, 0.15) is 31.8 Å². The van der Waals surface area contributed by atoms with Crippen molar-refractivity contribution in [2.45, 2.75) is 6.92 Å². The molecular weight excluding hydrogens is 370 g/mol. The van der Waals surface area contributed by atoms with Crippen LogP contribution in [0, 0.1) is 6.92 Å². The highest BCUT2D eigenvalue weighted by molar-refractivity contribution is 5.95. The lowest BCUT2D eigenvalue weighted by Crippen LogP contribution is -2.17. The normalized spacial score (nSPS) is 10.6. The van der Waals surface area contributed by atoms with E-state index in [4.69, 9.17) is 9.47 Å². The zero-order chi connectivity index (χ0) is 20.6. The van der Waals surface area contributed by atoms with Crippen molar-refractivity contribution in [2.24, 2.45) is 5.10 Å². The number of aryl methyl sites for hydroxylation is 1. The van der Waals surface area contributed by atoms with Gasteiger partial charge < -0.3 is 9.47 Å². The number of carbonyl (C=O) groups excluding carboxylic acids is 2. The first-order chi connectivity index (χ1) is 14.1. The third kappa shape index (κ3) is 5.26. The largest absolute Gasteiger partial charge is 0.493 e. The lowest BCUT2D eigenvalue weighted by Gasteiger charge is -2.10. The summed E-state index contributed by atoms with van der Waals surface area (Å²) in [4.78, 5) is 28.1. The number of amides is 1. The molecule has 146 valence electrons. The van der Waals surface area contributed by atoms with E-state index < -0.39 is 5.97 Å². The zero-order valence-electron chi connectivity index (χ0n) is 16.0. The molecule has 0 unspecified atom stereocenters. The van der Waals surface area contributed by atoms with Crippen molar-refractivity contribution in [1.82, 2.24) is 10.4 Å². The third-order valence-electron chi connectivity index (χ3n) is 4.00. The summed E-state index contributed by atoms with van der Waals surface area (Å²) in [6.07, 6.45) is 4.52. The first-order valence-corrected chi connectivity index (χ1v) is 8.77. The van der Waals surface area contributed by atoms with E-state index in [9.17, 15) is 9.59 Å². The number of carbonyl (C=O) groups is 2. The van der Waals surface area contributed by atoms with Crippen LogP contribution in [0.5, 0.6) is 11.5 Å². The Labute approximate surface area is 168 Å². The Kier molecular flexibility index (Phi) is 6.32. The van der Waals surface area contributed by atoms with Crippen molar-refractivity contribution in [3.05, 3.63) is 89.2 Å². The highest BCUT2D eigenvalue weighted by atomic mass is 16.6. The summed E-state index contributed by atoms with van der Waals surface area (Å²) in [7, 11) is 1.48. The van der Waals surface area contributed by atoms with E-state index in [1.807, 2.05) is 19.1 Å². The quantitative estimate of drug-likeness (QED) is 0.302. The van der Waals surface area contributed by atoms with Gasteiger partial charge in [-0.1, -0.05) is 17.7 Å². The molecule has 1 heterocycles. The summed E-state index contributed by atoms with van der Waals surface area (Å²) in [5, 5.41) is 3.93. The van der Waals surface area contributed by atoms with Crippen molar-refractivity contribution >= 4 is 18.1 Å². The van der Waals surface area contributed by atoms with Gasteiger partial charge in [0.15, 0.2) is 11.5 Å². The molecule has 7 nitrogen and oxygen atoms in total. The van der Waals surface area contributed by atoms with Gasteiger partial charge in [0, 0.05) is 18.0 Å². The maximum absolute atomic E-state index is 12.3. The van der Waals surface area contributed by atoms with Gasteiger partial charge in [-0.2, -0.15) is 5.10 Å². The number of hydrogen-bond donors (Lipinski definition) is 1. The Bertz CT molecular complexity index is 1030. The standard InChI is InChI=1S/C22H19N3O4/c1-15-3-6-18(7-4-15)22(27)29-19-8-5-16(13-20(19)28-2)14-24-25-21(26)17-9-11-23-12-10-17/h3-14H,1-2H3,(H,25,26). The minimum Gasteiger partial charge on any atom is -0.493 e. The fourth-order valence-electron chi connectivity index (χ4n) is 2.43. The molecule has 3 aromatic rings. The lowest BCUT2D eigenvalue weighted by molar-refractivity contribution is 0.0729. The van der Waals surface area contributed by atoms with Crippen molar-refractivity contribution in [3.8, 4) is 11.5 Å².